The SMILES string of the molecule is CC(C)(NC(=O)CC(NC(=O)OCC1c2ccccc2-c2ccccc21)C(C)(C)C)C(=O)O. The number of carbonyl (C=O) groups is 3. The van der Waals surface area contributed by atoms with E-state index in [-0.39, 0.29) is 18.9 Å². The molecule has 0 aromatic heterocycles. The van der Waals surface area contributed by atoms with Gasteiger partial charge in [-0.05, 0) is 41.5 Å². The Morgan fingerprint density at radius 3 is 1.94 bits per heavy atom. The van der Waals surface area contributed by atoms with Gasteiger partial charge in [0.15, 0.2) is 0 Å². The third-order valence-corrected chi connectivity index (χ3v) is 6.06. The van der Waals surface area contributed by atoms with E-state index in [0.717, 1.165) is 22.3 Å². The normalized spacial score (nSPS) is 14.1. The Morgan fingerprint density at radius 2 is 1.45 bits per heavy atom. The minimum absolute atomic E-state index is 0.0594. The van der Waals surface area contributed by atoms with Crippen molar-refractivity contribution < 1.29 is 24.2 Å². The summed E-state index contributed by atoms with van der Waals surface area (Å²) in [6.45, 7) is 8.71. The molecule has 0 radical (unpaired) electrons. The number of benzene rings is 2. The third-order valence-electron chi connectivity index (χ3n) is 6.06. The van der Waals surface area contributed by atoms with E-state index in [1.807, 2.05) is 57.2 Å². The van der Waals surface area contributed by atoms with Crippen LogP contribution >= 0.6 is 0 Å². The first-order chi connectivity index (χ1) is 15.4. The van der Waals surface area contributed by atoms with Crippen LogP contribution in [-0.2, 0) is 14.3 Å². The van der Waals surface area contributed by atoms with E-state index in [1.165, 1.54) is 13.8 Å². The molecular weight excluding hydrogens is 420 g/mol. The number of aliphatic carboxylic acids is 1. The van der Waals surface area contributed by atoms with Crippen molar-refractivity contribution in [3.05, 3.63) is 59.7 Å². The zero-order chi connectivity index (χ0) is 24.4. The molecule has 3 N–H and O–H groups in total. The molecule has 0 spiro atoms. The summed E-state index contributed by atoms with van der Waals surface area (Å²) in [6.07, 6.45) is -0.674. The average Bonchev–Trinajstić information content (AvgIpc) is 3.04. The highest BCUT2D eigenvalue weighted by Crippen LogP contribution is 2.44. The van der Waals surface area contributed by atoms with Gasteiger partial charge in [0.25, 0.3) is 0 Å². The summed E-state index contributed by atoms with van der Waals surface area (Å²) in [5.74, 6) is -1.65. The van der Waals surface area contributed by atoms with E-state index in [1.54, 1.807) is 0 Å². The third kappa shape index (κ3) is 5.53. The summed E-state index contributed by atoms with van der Waals surface area (Å²) in [5, 5.41) is 14.5. The lowest BCUT2D eigenvalue weighted by atomic mass is 9.84. The Balaban J connectivity index is 1.66. The van der Waals surface area contributed by atoms with Gasteiger partial charge in [-0.2, -0.15) is 0 Å². The van der Waals surface area contributed by atoms with Crippen LogP contribution in [0.4, 0.5) is 4.79 Å². The quantitative estimate of drug-likeness (QED) is 0.581. The number of hydrogen-bond acceptors (Lipinski definition) is 4. The Morgan fingerprint density at radius 1 is 0.939 bits per heavy atom. The molecule has 33 heavy (non-hydrogen) atoms. The molecule has 0 bridgehead atoms. The van der Waals surface area contributed by atoms with Crippen molar-refractivity contribution in [1.29, 1.82) is 0 Å². The number of hydrogen-bond donors (Lipinski definition) is 3. The fraction of sp³-hybridized carbons (Fsp3) is 0.423. The summed E-state index contributed by atoms with van der Waals surface area (Å²) < 4.78 is 5.61. The van der Waals surface area contributed by atoms with Crippen LogP contribution in [-0.4, -0.2) is 41.3 Å². The smallest absolute Gasteiger partial charge is 0.407 e. The molecule has 1 atom stereocenters. The fourth-order valence-corrected chi connectivity index (χ4v) is 3.99. The molecule has 3 rings (SSSR count). The zero-order valence-corrected chi connectivity index (χ0v) is 19.8. The number of carbonyl (C=O) groups excluding carboxylic acids is 2. The molecule has 1 aliphatic carbocycles. The van der Waals surface area contributed by atoms with Gasteiger partial charge in [0.05, 0.1) is 0 Å². The number of alkyl carbamates (subject to hydrolysis) is 1. The Hall–Kier alpha value is -3.35. The molecule has 7 heteroatoms. The number of fused-ring (bicyclic) bond motifs is 3. The van der Waals surface area contributed by atoms with Gasteiger partial charge in [0, 0.05) is 18.4 Å². The number of rotatable bonds is 7. The topological polar surface area (TPSA) is 105 Å². The monoisotopic (exact) mass is 452 g/mol. The van der Waals surface area contributed by atoms with E-state index < -0.39 is 35.0 Å². The second kappa shape index (κ2) is 9.25. The molecule has 2 amide bonds. The Labute approximate surface area is 194 Å². The van der Waals surface area contributed by atoms with Crippen LogP contribution in [0, 0.1) is 5.41 Å². The molecule has 0 saturated heterocycles. The Kier molecular flexibility index (Phi) is 6.81. The van der Waals surface area contributed by atoms with Crippen LogP contribution in [0.1, 0.15) is 58.1 Å². The van der Waals surface area contributed by atoms with Crippen molar-refractivity contribution in [2.24, 2.45) is 5.41 Å². The number of carboxylic acid groups (broad SMARTS) is 1. The van der Waals surface area contributed by atoms with Crippen molar-refractivity contribution >= 4 is 18.0 Å². The van der Waals surface area contributed by atoms with E-state index in [9.17, 15) is 19.5 Å². The van der Waals surface area contributed by atoms with Crippen LogP contribution in [0.5, 0.6) is 0 Å². The Bertz CT molecular complexity index is 1010. The lowest BCUT2D eigenvalue weighted by Crippen LogP contribution is -2.53. The molecule has 0 saturated carbocycles. The minimum atomic E-state index is -1.40. The minimum Gasteiger partial charge on any atom is -0.480 e. The summed E-state index contributed by atoms with van der Waals surface area (Å²) >= 11 is 0. The van der Waals surface area contributed by atoms with Crippen molar-refractivity contribution in [3.8, 4) is 11.1 Å². The maximum Gasteiger partial charge on any atom is 0.407 e. The van der Waals surface area contributed by atoms with Crippen molar-refractivity contribution in [2.45, 2.75) is 58.5 Å². The highest BCUT2D eigenvalue weighted by molar-refractivity contribution is 5.86. The van der Waals surface area contributed by atoms with Crippen LogP contribution in [0.3, 0.4) is 0 Å². The maximum absolute atomic E-state index is 12.7. The molecule has 2 aromatic rings. The molecule has 0 aliphatic heterocycles. The van der Waals surface area contributed by atoms with E-state index in [2.05, 4.69) is 22.8 Å². The molecule has 0 fully saturated rings. The predicted molar refractivity (Wildman–Crippen MR) is 126 cm³/mol. The van der Waals surface area contributed by atoms with E-state index >= 15 is 0 Å². The summed E-state index contributed by atoms with van der Waals surface area (Å²) in [6, 6.07) is 15.6. The summed E-state index contributed by atoms with van der Waals surface area (Å²) in [7, 11) is 0. The van der Waals surface area contributed by atoms with Gasteiger partial charge in [-0.1, -0.05) is 69.3 Å². The van der Waals surface area contributed by atoms with Crippen LogP contribution in [0.15, 0.2) is 48.5 Å². The summed E-state index contributed by atoms with van der Waals surface area (Å²) in [5.41, 5.74) is 2.68. The number of carboxylic acids is 1. The van der Waals surface area contributed by atoms with Crippen molar-refractivity contribution in [3.63, 3.8) is 0 Å². The lowest BCUT2D eigenvalue weighted by Gasteiger charge is -2.32. The van der Waals surface area contributed by atoms with Crippen LogP contribution < -0.4 is 10.6 Å². The van der Waals surface area contributed by atoms with Gasteiger partial charge in [0.2, 0.25) is 5.91 Å². The highest BCUT2D eigenvalue weighted by atomic mass is 16.5. The molecule has 0 heterocycles. The highest BCUT2D eigenvalue weighted by Gasteiger charge is 2.34. The largest absolute Gasteiger partial charge is 0.480 e. The van der Waals surface area contributed by atoms with Crippen LogP contribution in [0.2, 0.25) is 0 Å². The fourth-order valence-electron chi connectivity index (χ4n) is 3.99. The molecule has 176 valence electrons. The van der Waals surface area contributed by atoms with Gasteiger partial charge in [-0.3, -0.25) is 4.79 Å². The first kappa shape index (κ1) is 24.3. The maximum atomic E-state index is 12.7. The number of amides is 2. The standard InChI is InChI=1S/C26H32N2O5/c1-25(2,3)21(14-22(29)28-26(4,5)23(30)31)27-24(32)33-15-20-18-12-8-6-10-16(18)17-11-7-9-13-19(17)20/h6-13,20-21H,14-15H2,1-5H3,(H,27,32)(H,28,29)(H,30,31). The predicted octanol–water partition coefficient (Wildman–Crippen LogP) is 4.31. The average molecular weight is 453 g/mol. The second-order valence-corrected chi connectivity index (χ2v) is 10.1. The molecule has 1 unspecified atom stereocenters. The first-order valence-corrected chi connectivity index (χ1v) is 11.1. The van der Waals surface area contributed by atoms with E-state index in [0.29, 0.717) is 0 Å². The first-order valence-electron chi connectivity index (χ1n) is 11.1. The van der Waals surface area contributed by atoms with Gasteiger partial charge in [-0.25, -0.2) is 9.59 Å². The molecule has 1 aliphatic rings. The summed E-state index contributed by atoms with van der Waals surface area (Å²) in [4.78, 5) is 36.5. The van der Waals surface area contributed by atoms with Crippen molar-refractivity contribution in [2.75, 3.05) is 6.61 Å². The second-order valence-electron chi connectivity index (χ2n) is 10.1. The lowest BCUT2D eigenvalue weighted by molar-refractivity contribution is -0.146. The van der Waals surface area contributed by atoms with Gasteiger partial charge in [-0.15, -0.1) is 0 Å². The van der Waals surface area contributed by atoms with Crippen LogP contribution in [0.25, 0.3) is 11.1 Å². The molecular formula is C26H32N2O5. The van der Waals surface area contributed by atoms with Gasteiger partial charge >= 0.3 is 12.1 Å². The zero-order valence-electron chi connectivity index (χ0n) is 19.8. The van der Waals surface area contributed by atoms with Crippen molar-refractivity contribution in [1.82, 2.24) is 10.6 Å². The van der Waals surface area contributed by atoms with Gasteiger partial charge in [0.1, 0.15) is 12.1 Å². The van der Waals surface area contributed by atoms with E-state index in [4.69, 9.17) is 4.74 Å². The molecule has 7 nitrogen and oxygen atoms in total. The van der Waals surface area contributed by atoms with Gasteiger partial charge < -0.3 is 20.5 Å². The number of nitrogens with one attached hydrogen (secondary N) is 2. The molecule has 2 aromatic carbocycles. The number of ether oxygens (including phenoxy) is 1.